The summed E-state index contributed by atoms with van der Waals surface area (Å²) in [7, 11) is -1.29. The van der Waals surface area contributed by atoms with E-state index in [1.165, 1.54) is 6.07 Å². The molecular weight excluding hydrogens is 469 g/mol. The highest BCUT2D eigenvalue weighted by Crippen LogP contribution is 2.37. The second kappa shape index (κ2) is 7.39. The average Bonchev–Trinajstić information content (AvgIpc) is 2.68. The molecule has 9 heteroatoms. The summed E-state index contributed by atoms with van der Waals surface area (Å²) in [4.78, 5) is 13.4. The van der Waals surface area contributed by atoms with Gasteiger partial charge in [-0.3, -0.25) is 14.2 Å². The highest BCUT2D eigenvalue weighted by atomic mass is 79.9. The third-order valence-corrected chi connectivity index (χ3v) is 7.95. The zero-order valence-electron chi connectivity index (χ0n) is 16.7. The van der Waals surface area contributed by atoms with Gasteiger partial charge in [-0.2, -0.15) is 0 Å². The van der Waals surface area contributed by atoms with Gasteiger partial charge in [0.1, 0.15) is 17.2 Å². The van der Waals surface area contributed by atoms with Crippen LogP contribution >= 0.6 is 15.9 Å². The van der Waals surface area contributed by atoms with Crippen molar-refractivity contribution in [3.63, 3.8) is 0 Å². The Bertz CT molecular complexity index is 1220. The quantitative estimate of drug-likeness (QED) is 0.568. The Morgan fingerprint density at radius 2 is 1.97 bits per heavy atom. The fourth-order valence-electron chi connectivity index (χ4n) is 3.40. The van der Waals surface area contributed by atoms with Crippen LogP contribution in [-0.4, -0.2) is 30.5 Å². The van der Waals surface area contributed by atoms with Crippen LogP contribution in [0.5, 0.6) is 0 Å². The Morgan fingerprint density at radius 1 is 1.20 bits per heavy atom. The second-order valence-electron chi connectivity index (χ2n) is 7.98. The van der Waals surface area contributed by atoms with Crippen LogP contribution in [0.2, 0.25) is 0 Å². The van der Waals surface area contributed by atoms with E-state index in [4.69, 9.17) is 5.73 Å². The number of nitrogens with one attached hydrogen (secondary N) is 1. The second-order valence-corrected chi connectivity index (χ2v) is 10.9. The van der Waals surface area contributed by atoms with Gasteiger partial charge in [-0.05, 0) is 67.0 Å². The van der Waals surface area contributed by atoms with Crippen LogP contribution in [0.25, 0.3) is 10.9 Å². The molecular formula is C21H21BrFN5OS. The number of pyridine rings is 2. The molecule has 3 aromatic rings. The number of aliphatic imine (C=N–C) groups is 1. The van der Waals surface area contributed by atoms with Crippen molar-refractivity contribution in [2.75, 3.05) is 11.1 Å². The summed E-state index contributed by atoms with van der Waals surface area (Å²) >= 11 is 3.42. The molecule has 0 spiro atoms. The SMILES string of the molecule is CC1(C)C(N)=N[C@](C)(c2cc(Nc3nccc4cc(Br)cnc34)ccc2F)C[S@]1=O. The standard InChI is InChI=1S/C21H21BrFN5OS/c1-20(2)19(24)28-21(3,11-30(20)29)15-9-14(4-5-16(15)23)27-18-17-12(6-7-25-18)8-13(22)10-26-17/h4-10H,11H2,1-3H3,(H2,24,28)(H,25,27)/t21-,30+/m0/s1. The van der Waals surface area contributed by atoms with E-state index >= 15 is 0 Å². The Kier molecular flexibility index (Phi) is 5.14. The van der Waals surface area contributed by atoms with E-state index in [1.54, 1.807) is 45.3 Å². The van der Waals surface area contributed by atoms with Crippen LogP contribution in [0.4, 0.5) is 15.9 Å². The van der Waals surface area contributed by atoms with Gasteiger partial charge in [0.2, 0.25) is 0 Å². The van der Waals surface area contributed by atoms with Crippen molar-refractivity contribution in [3.05, 3.63) is 58.6 Å². The Hall–Kier alpha value is -2.39. The largest absolute Gasteiger partial charge is 0.386 e. The minimum atomic E-state index is -1.29. The Morgan fingerprint density at radius 3 is 2.70 bits per heavy atom. The minimum Gasteiger partial charge on any atom is -0.386 e. The molecule has 30 heavy (non-hydrogen) atoms. The van der Waals surface area contributed by atoms with Crippen LogP contribution in [0.3, 0.4) is 0 Å². The number of nitrogens with two attached hydrogens (primary N) is 1. The number of aromatic nitrogens is 2. The van der Waals surface area contributed by atoms with E-state index in [9.17, 15) is 8.60 Å². The summed E-state index contributed by atoms with van der Waals surface area (Å²) in [5.74, 6) is 0.574. The maximum Gasteiger partial charge on any atom is 0.156 e. The van der Waals surface area contributed by atoms with Crippen molar-refractivity contribution in [1.82, 2.24) is 9.97 Å². The maximum absolute atomic E-state index is 14.8. The van der Waals surface area contributed by atoms with Crippen molar-refractivity contribution >= 4 is 55.0 Å². The Labute approximate surface area is 184 Å². The zero-order chi connectivity index (χ0) is 21.7. The number of rotatable bonds is 3. The van der Waals surface area contributed by atoms with E-state index in [-0.39, 0.29) is 11.6 Å². The molecule has 0 saturated carbocycles. The van der Waals surface area contributed by atoms with Crippen molar-refractivity contribution in [1.29, 1.82) is 0 Å². The molecule has 0 amide bonds. The van der Waals surface area contributed by atoms with E-state index in [0.29, 0.717) is 22.6 Å². The van der Waals surface area contributed by atoms with Gasteiger partial charge < -0.3 is 11.1 Å². The molecule has 0 radical (unpaired) electrons. The lowest BCUT2D eigenvalue weighted by atomic mass is 9.92. The van der Waals surface area contributed by atoms with E-state index in [1.807, 2.05) is 12.1 Å². The molecule has 0 aliphatic carbocycles. The monoisotopic (exact) mass is 489 g/mol. The van der Waals surface area contributed by atoms with Gasteiger partial charge in [-0.15, -0.1) is 0 Å². The predicted octanol–water partition coefficient (Wildman–Crippen LogP) is 4.39. The predicted molar refractivity (Wildman–Crippen MR) is 123 cm³/mol. The van der Waals surface area contributed by atoms with Gasteiger partial charge in [-0.1, -0.05) is 0 Å². The molecule has 3 N–H and O–H groups in total. The summed E-state index contributed by atoms with van der Waals surface area (Å²) in [5, 5.41) is 4.13. The first-order valence-electron chi connectivity index (χ1n) is 9.32. The molecule has 0 unspecified atom stereocenters. The molecule has 2 aromatic heterocycles. The molecule has 6 nitrogen and oxygen atoms in total. The molecule has 3 heterocycles. The maximum atomic E-state index is 14.8. The van der Waals surface area contributed by atoms with Gasteiger partial charge in [0, 0.05) is 44.3 Å². The van der Waals surface area contributed by atoms with Crippen molar-refractivity contribution < 1.29 is 8.60 Å². The van der Waals surface area contributed by atoms with E-state index in [0.717, 1.165) is 9.86 Å². The van der Waals surface area contributed by atoms with E-state index in [2.05, 4.69) is 36.2 Å². The van der Waals surface area contributed by atoms with Gasteiger partial charge in [-0.25, -0.2) is 9.37 Å². The van der Waals surface area contributed by atoms with Crippen LogP contribution in [0.15, 0.2) is 52.2 Å². The first-order chi connectivity index (χ1) is 14.1. The topological polar surface area (TPSA) is 93.3 Å². The molecule has 1 aliphatic heterocycles. The molecule has 2 atom stereocenters. The van der Waals surface area contributed by atoms with Gasteiger partial charge in [0.15, 0.2) is 5.82 Å². The third-order valence-electron chi connectivity index (χ3n) is 5.34. The van der Waals surface area contributed by atoms with E-state index < -0.39 is 26.9 Å². The number of hydrogen-bond donors (Lipinski definition) is 2. The molecule has 156 valence electrons. The fraction of sp³-hybridized carbons (Fsp3) is 0.286. The summed E-state index contributed by atoms with van der Waals surface area (Å²) in [5.41, 5.74) is 6.72. The lowest BCUT2D eigenvalue weighted by Gasteiger charge is -2.37. The van der Waals surface area contributed by atoms with Crippen molar-refractivity contribution in [2.45, 2.75) is 31.1 Å². The number of amidine groups is 1. The number of nitrogens with zero attached hydrogens (tertiary/aromatic N) is 3. The van der Waals surface area contributed by atoms with Crippen LogP contribution in [0, 0.1) is 5.82 Å². The smallest absolute Gasteiger partial charge is 0.156 e. The first kappa shape index (κ1) is 20.9. The number of benzene rings is 1. The highest BCUT2D eigenvalue weighted by Gasteiger charge is 2.44. The molecule has 1 aromatic carbocycles. The highest BCUT2D eigenvalue weighted by molar-refractivity contribution is 9.10. The number of anilines is 2. The average molecular weight is 490 g/mol. The van der Waals surface area contributed by atoms with Crippen molar-refractivity contribution in [3.8, 4) is 0 Å². The third kappa shape index (κ3) is 3.60. The molecule has 0 bridgehead atoms. The normalized spacial score (nSPS) is 23.2. The number of halogens is 2. The van der Waals surface area contributed by atoms with Gasteiger partial charge in [0.05, 0.1) is 16.0 Å². The molecule has 1 aliphatic rings. The lowest BCUT2D eigenvalue weighted by Crippen LogP contribution is -2.52. The molecule has 0 saturated heterocycles. The Balaban J connectivity index is 1.75. The summed E-state index contributed by atoms with van der Waals surface area (Å²) in [6.45, 7) is 5.32. The van der Waals surface area contributed by atoms with Crippen LogP contribution in [-0.2, 0) is 16.3 Å². The summed E-state index contributed by atoms with van der Waals surface area (Å²) < 4.78 is 27.7. The fourth-order valence-corrected chi connectivity index (χ4v) is 5.12. The number of fused-ring (bicyclic) bond motifs is 1. The molecule has 0 fully saturated rings. The molecule has 4 rings (SSSR count). The van der Waals surface area contributed by atoms with Crippen LogP contribution < -0.4 is 11.1 Å². The van der Waals surface area contributed by atoms with Crippen molar-refractivity contribution in [2.24, 2.45) is 10.7 Å². The zero-order valence-corrected chi connectivity index (χ0v) is 19.1. The minimum absolute atomic E-state index is 0.184. The van der Waals surface area contributed by atoms with Crippen LogP contribution in [0.1, 0.15) is 26.3 Å². The number of hydrogen-bond acceptors (Lipinski definition) is 6. The first-order valence-corrected chi connectivity index (χ1v) is 11.4. The van der Waals surface area contributed by atoms with Gasteiger partial charge >= 0.3 is 0 Å². The lowest BCUT2D eigenvalue weighted by molar-refractivity contribution is 0.494. The summed E-state index contributed by atoms with van der Waals surface area (Å²) in [6.07, 6.45) is 3.38. The summed E-state index contributed by atoms with van der Waals surface area (Å²) in [6, 6.07) is 8.47. The van der Waals surface area contributed by atoms with Gasteiger partial charge in [0.25, 0.3) is 0 Å².